The predicted molar refractivity (Wildman–Crippen MR) is 113 cm³/mol. The van der Waals surface area contributed by atoms with Crippen LogP contribution in [0.1, 0.15) is 5.56 Å². The molecule has 0 aliphatic heterocycles. The zero-order chi connectivity index (χ0) is 20.9. The summed E-state index contributed by atoms with van der Waals surface area (Å²) in [5.74, 6) is -0.278. The molecule has 0 aliphatic carbocycles. The van der Waals surface area contributed by atoms with Crippen LogP contribution in [0.2, 0.25) is 10.0 Å². The highest BCUT2D eigenvalue weighted by molar-refractivity contribution is 7.91. The lowest BCUT2D eigenvalue weighted by Crippen LogP contribution is -2.29. The standard InChI is InChI=1S/C20H17Cl2N3O3S/c21-16-6-7-17(24-13-18(26)25-12-14-8-10-23-11-9-14)19(22)20(16)29(27,28)15-4-2-1-3-5-15/h1-11,24H,12-13H2,(H,25,26). The van der Waals surface area contributed by atoms with Crippen molar-refractivity contribution in [3.8, 4) is 0 Å². The van der Waals surface area contributed by atoms with Crippen LogP contribution >= 0.6 is 23.2 Å². The monoisotopic (exact) mass is 449 g/mol. The van der Waals surface area contributed by atoms with Crippen molar-refractivity contribution < 1.29 is 13.2 Å². The fourth-order valence-electron chi connectivity index (χ4n) is 2.57. The van der Waals surface area contributed by atoms with Gasteiger partial charge in [-0.05, 0) is 42.0 Å². The minimum absolute atomic E-state index is 0.00606. The van der Waals surface area contributed by atoms with Gasteiger partial charge in [-0.2, -0.15) is 0 Å². The predicted octanol–water partition coefficient (Wildman–Crippen LogP) is 3.95. The van der Waals surface area contributed by atoms with Gasteiger partial charge in [-0.15, -0.1) is 0 Å². The molecule has 0 aliphatic rings. The molecule has 0 bridgehead atoms. The summed E-state index contributed by atoms with van der Waals surface area (Å²) in [6, 6.07) is 14.4. The Hall–Kier alpha value is -2.61. The number of aromatic nitrogens is 1. The van der Waals surface area contributed by atoms with Gasteiger partial charge in [0.15, 0.2) is 0 Å². The first-order chi connectivity index (χ1) is 13.9. The lowest BCUT2D eigenvalue weighted by Gasteiger charge is -2.14. The molecule has 0 fully saturated rings. The Kier molecular flexibility index (Phi) is 6.74. The highest BCUT2D eigenvalue weighted by Gasteiger charge is 2.26. The average Bonchev–Trinajstić information content (AvgIpc) is 2.73. The number of halogens is 2. The van der Waals surface area contributed by atoms with Crippen LogP contribution in [0.5, 0.6) is 0 Å². The molecule has 29 heavy (non-hydrogen) atoms. The van der Waals surface area contributed by atoms with Gasteiger partial charge in [0.05, 0.1) is 27.2 Å². The summed E-state index contributed by atoms with van der Waals surface area (Å²) in [4.78, 5) is 15.9. The van der Waals surface area contributed by atoms with Crippen LogP contribution in [-0.2, 0) is 21.2 Å². The SMILES string of the molecule is O=C(CNc1ccc(Cl)c(S(=O)(=O)c2ccccc2)c1Cl)NCc1ccncc1. The molecule has 2 aromatic carbocycles. The zero-order valence-electron chi connectivity index (χ0n) is 15.1. The number of nitrogens with one attached hydrogen (secondary N) is 2. The number of amides is 1. The van der Waals surface area contributed by atoms with Gasteiger partial charge in [-0.3, -0.25) is 9.78 Å². The van der Waals surface area contributed by atoms with Crippen LogP contribution in [0.15, 0.2) is 76.8 Å². The van der Waals surface area contributed by atoms with Crippen LogP contribution in [0, 0.1) is 0 Å². The second-order valence-electron chi connectivity index (χ2n) is 6.04. The van der Waals surface area contributed by atoms with Gasteiger partial charge in [0.1, 0.15) is 4.90 Å². The summed E-state index contributed by atoms with van der Waals surface area (Å²) < 4.78 is 25.9. The van der Waals surface area contributed by atoms with E-state index in [1.807, 2.05) is 0 Å². The van der Waals surface area contributed by atoms with Crippen molar-refractivity contribution in [3.63, 3.8) is 0 Å². The lowest BCUT2D eigenvalue weighted by atomic mass is 10.2. The third-order valence-electron chi connectivity index (χ3n) is 4.05. The molecule has 2 N–H and O–H groups in total. The van der Waals surface area contributed by atoms with Gasteiger partial charge >= 0.3 is 0 Å². The van der Waals surface area contributed by atoms with E-state index < -0.39 is 9.84 Å². The van der Waals surface area contributed by atoms with E-state index in [9.17, 15) is 13.2 Å². The molecule has 0 unspecified atom stereocenters. The summed E-state index contributed by atoms with van der Waals surface area (Å²) in [7, 11) is -3.92. The van der Waals surface area contributed by atoms with Crippen molar-refractivity contribution in [1.82, 2.24) is 10.3 Å². The molecular formula is C20H17Cl2N3O3S. The maximum absolute atomic E-state index is 12.9. The first-order valence-electron chi connectivity index (χ1n) is 8.57. The molecule has 9 heteroatoms. The Morgan fingerprint density at radius 3 is 2.34 bits per heavy atom. The summed E-state index contributed by atoms with van der Waals surface area (Å²) in [6.45, 7) is 0.266. The summed E-state index contributed by atoms with van der Waals surface area (Å²) in [5.41, 5.74) is 1.21. The normalized spacial score (nSPS) is 11.1. The number of benzene rings is 2. The molecular weight excluding hydrogens is 433 g/mol. The van der Waals surface area contributed by atoms with Gasteiger partial charge in [0, 0.05) is 18.9 Å². The number of hydrogen-bond acceptors (Lipinski definition) is 5. The van der Waals surface area contributed by atoms with Crippen LogP contribution in [0.3, 0.4) is 0 Å². The molecule has 1 heterocycles. The van der Waals surface area contributed by atoms with Crippen molar-refractivity contribution >= 4 is 44.6 Å². The molecule has 1 aromatic heterocycles. The number of anilines is 1. The fourth-order valence-corrected chi connectivity index (χ4v) is 5.04. The number of nitrogens with zero attached hydrogens (tertiary/aromatic N) is 1. The topological polar surface area (TPSA) is 88.2 Å². The Morgan fingerprint density at radius 2 is 1.66 bits per heavy atom. The van der Waals surface area contributed by atoms with E-state index >= 15 is 0 Å². The smallest absolute Gasteiger partial charge is 0.239 e. The van der Waals surface area contributed by atoms with Crippen molar-refractivity contribution in [1.29, 1.82) is 0 Å². The first kappa shape index (κ1) is 21.1. The number of carbonyl (C=O) groups is 1. The third kappa shape index (κ3) is 5.06. The van der Waals surface area contributed by atoms with Crippen molar-refractivity contribution in [2.75, 3.05) is 11.9 Å². The van der Waals surface area contributed by atoms with Crippen molar-refractivity contribution in [2.24, 2.45) is 0 Å². The summed E-state index contributed by atoms with van der Waals surface area (Å²) in [6.07, 6.45) is 3.28. The molecule has 0 saturated heterocycles. The van der Waals surface area contributed by atoms with E-state index in [-0.39, 0.29) is 32.3 Å². The van der Waals surface area contributed by atoms with Gasteiger partial charge in [0.2, 0.25) is 15.7 Å². The molecule has 0 saturated carbocycles. The lowest BCUT2D eigenvalue weighted by molar-refractivity contribution is -0.119. The molecule has 0 radical (unpaired) electrons. The molecule has 0 atom stereocenters. The molecule has 0 spiro atoms. The van der Waals surface area contributed by atoms with E-state index in [2.05, 4.69) is 15.6 Å². The van der Waals surface area contributed by atoms with Gasteiger partial charge in [-0.1, -0.05) is 41.4 Å². The molecule has 3 aromatic rings. The highest BCUT2D eigenvalue weighted by Crippen LogP contribution is 2.38. The first-order valence-corrected chi connectivity index (χ1v) is 10.8. The molecule has 6 nitrogen and oxygen atoms in total. The summed E-state index contributed by atoms with van der Waals surface area (Å²) in [5, 5.41) is 5.55. The van der Waals surface area contributed by atoms with Crippen LogP contribution in [-0.4, -0.2) is 25.9 Å². The van der Waals surface area contributed by atoms with Gasteiger partial charge < -0.3 is 10.6 Å². The van der Waals surface area contributed by atoms with E-state index in [1.54, 1.807) is 42.7 Å². The summed E-state index contributed by atoms with van der Waals surface area (Å²) >= 11 is 12.5. The third-order valence-corrected chi connectivity index (χ3v) is 6.84. The number of carbonyl (C=O) groups excluding carboxylic acids is 1. The Morgan fingerprint density at radius 1 is 0.966 bits per heavy atom. The molecule has 1 amide bonds. The highest BCUT2D eigenvalue weighted by atomic mass is 35.5. The van der Waals surface area contributed by atoms with E-state index in [4.69, 9.17) is 23.2 Å². The quantitative estimate of drug-likeness (QED) is 0.569. The Balaban J connectivity index is 1.74. The average molecular weight is 450 g/mol. The minimum Gasteiger partial charge on any atom is -0.375 e. The second-order valence-corrected chi connectivity index (χ2v) is 8.71. The van der Waals surface area contributed by atoms with Gasteiger partial charge in [-0.25, -0.2) is 8.42 Å². The Labute approximate surface area is 178 Å². The van der Waals surface area contributed by atoms with E-state index in [0.717, 1.165) is 5.56 Å². The molecule has 150 valence electrons. The van der Waals surface area contributed by atoms with Crippen molar-refractivity contribution in [3.05, 3.63) is 82.6 Å². The second kappa shape index (κ2) is 9.26. The van der Waals surface area contributed by atoms with Crippen LogP contribution in [0.25, 0.3) is 0 Å². The van der Waals surface area contributed by atoms with Crippen molar-refractivity contribution in [2.45, 2.75) is 16.3 Å². The molecule has 3 rings (SSSR count). The maximum Gasteiger partial charge on any atom is 0.239 e. The maximum atomic E-state index is 12.9. The number of hydrogen-bond donors (Lipinski definition) is 2. The number of pyridine rings is 1. The number of sulfone groups is 1. The van der Waals surface area contributed by atoms with Gasteiger partial charge in [0.25, 0.3) is 0 Å². The number of rotatable bonds is 7. The minimum atomic E-state index is -3.92. The van der Waals surface area contributed by atoms with E-state index in [0.29, 0.717) is 12.2 Å². The van der Waals surface area contributed by atoms with Crippen LogP contribution in [0.4, 0.5) is 5.69 Å². The zero-order valence-corrected chi connectivity index (χ0v) is 17.4. The Bertz CT molecular complexity index is 1110. The largest absolute Gasteiger partial charge is 0.375 e. The van der Waals surface area contributed by atoms with Crippen LogP contribution < -0.4 is 10.6 Å². The van der Waals surface area contributed by atoms with E-state index in [1.165, 1.54) is 24.3 Å². The fraction of sp³-hybridized carbons (Fsp3) is 0.100.